The van der Waals surface area contributed by atoms with Gasteiger partial charge in [-0.15, -0.1) is 0 Å². The van der Waals surface area contributed by atoms with Crippen LogP contribution in [0, 0.1) is 0 Å². The van der Waals surface area contributed by atoms with Crippen molar-refractivity contribution in [1.29, 1.82) is 0 Å². The Hall–Kier alpha value is -3.14. The zero-order chi connectivity index (χ0) is 16.1. The van der Waals surface area contributed by atoms with Crippen molar-refractivity contribution in [3.63, 3.8) is 0 Å². The maximum atomic E-state index is 5.96. The van der Waals surface area contributed by atoms with Crippen LogP contribution in [0.2, 0.25) is 0 Å². The molecule has 4 heteroatoms. The number of hydrogen-bond donors (Lipinski definition) is 0. The van der Waals surface area contributed by atoms with Crippen molar-refractivity contribution in [2.75, 3.05) is 7.11 Å². The average Bonchev–Trinajstić information content (AvgIpc) is 2.63. The molecule has 0 amide bonds. The Morgan fingerprint density at radius 3 is 2.26 bits per heavy atom. The maximum absolute atomic E-state index is 5.96. The van der Waals surface area contributed by atoms with Gasteiger partial charge in [0.05, 0.1) is 7.11 Å². The Morgan fingerprint density at radius 2 is 1.61 bits per heavy atom. The van der Waals surface area contributed by atoms with E-state index in [-0.39, 0.29) is 0 Å². The lowest BCUT2D eigenvalue weighted by molar-refractivity contribution is 0.413. The summed E-state index contributed by atoms with van der Waals surface area (Å²) >= 11 is 0. The van der Waals surface area contributed by atoms with Gasteiger partial charge in [0, 0.05) is 18.0 Å². The van der Waals surface area contributed by atoms with Crippen molar-refractivity contribution >= 4 is 12.4 Å². The van der Waals surface area contributed by atoms with E-state index in [2.05, 4.69) is 16.7 Å². The quantitative estimate of drug-likeness (QED) is 0.631. The van der Waals surface area contributed by atoms with Gasteiger partial charge in [-0.2, -0.15) is 0 Å². The van der Waals surface area contributed by atoms with E-state index in [9.17, 15) is 0 Å². The van der Waals surface area contributed by atoms with Crippen molar-refractivity contribution < 1.29 is 9.47 Å². The number of benzene rings is 2. The summed E-state index contributed by atoms with van der Waals surface area (Å²) in [5.74, 6) is 2.15. The first-order chi connectivity index (χ1) is 11.3. The molecular formula is C19H16N2O2. The van der Waals surface area contributed by atoms with E-state index in [1.807, 2.05) is 54.6 Å². The molecule has 0 fully saturated rings. The molecule has 0 aliphatic heterocycles. The van der Waals surface area contributed by atoms with Crippen LogP contribution in [-0.4, -0.2) is 18.8 Å². The van der Waals surface area contributed by atoms with E-state index in [1.165, 1.54) is 0 Å². The Morgan fingerprint density at radius 1 is 0.913 bits per heavy atom. The largest absolute Gasteiger partial charge is 0.497 e. The number of rotatable bonds is 5. The van der Waals surface area contributed by atoms with Crippen molar-refractivity contribution in [3.05, 3.63) is 67.0 Å². The number of aliphatic imine (C=N–C) groups is 1. The zero-order valence-electron chi connectivity index (χ0n) is 12.8. The van der Waals surface area contributed by atoms with Gasteiger partial charge in [0.2, 0.25) is 0 Å². The molecule has 0 saturated carbocycles. The van der Waals surface area contributed by atoms with Gasteiger partial charge < -0.3 is 9.47 Å². The van der Waals surface area contributed by atoms with Crippen LogP contribution < -0.4 is 9.47 Å². The molecule has 23 heavy (non-hydrogen) atoms. The summed E-state index contributed by atoms with van der Waals surface area (Å²) in [6, 6.07) is 17.1. The van der Waals surface area contributed by atoms with Gasteiger partial charge in [-0.3, -0.25) is 9.98 Å². The molecule has 0 aliphatic rings. The smallest absolute Gasteiger partial charge is 0.153 e. The van der Waals surface area contributed by atoms with Gasteiger partial charge in [0.1, 0.15) is 17.2 Å². The van der Waals surface area contributed by atoms with Crippen LogP contribution in [0.15, 0.2) is 72.0 Å². The fraction of sp³-hybridized carbons (Fsp3) is 0.0526. The van der Waals surface area contributed by atoms with E-state index >= 15 is 0 Å². The van der Waals surface area contributed by atoms with Gasteiger partial charge in [-0.25, -0.2) is 0 Å². The molecule has 0 spiro atoms. The molecule has 2 aromatic carbocycles. The Balaban J connectivity index is 1.97. The third-order valence-electron chi connectivity index (χ3n) is 3.44. The second-order valence-corrected chi connectivity index (χ2v) is 4.82. The Labute approximate surface area is 135 Å². The van der Waals surface area contributed by atoms with Crippen LogP contribution in [0.25, 0.3) is 11.1 Å². The number of nitrogens with zero attached hydrogens (tertiary/aromatic N) is 2. The third-order valence-corrected chi connectivity index (χ3v) is 3.44. The van der Waals surface area contributed by atoms with Gasteiger partial charge >= 0.3 is 0 Å². The molecule has 0 saturated heterocycles. The van der Waals surface area contributed by atoms with E-state index in [0.717, 1.165) is 16.9 Å². The monoisotopic (exact) mass is 304 g/mol. The average molecular weight is 304 g/mol. The summed E-state index contributed by atoms with van der Waals surface area (Å²) in [6.45, 7) is 3.68. The van der Waals surface area contributed by atoms with Gasteiger partial charge in [-0.1, -0.05) is 12.1 Å². The second-order valence-electron chi connectivity index (χ2n) is 4.82. The van der Waals surface area contributed by atoms with Crippen LogP contribution in [0.5, 0.6) is 17.2 Å². The highest BCUT2D eigenvalue weighted by Gasteiger charge is 2.11. The Bertz CT molecular complexity index is 799. The van der Waals surface area contributed by atoms with E-state index in [1.54, 1.807) is 19.5 Å². The molecule has 0 unspecified atom stereocenters. The maximum Gasteiger partial charge on any atom is 0.153 e. The summed E-state index contributed by atoms with van der Waals surface area (Å²) in [7, 11) is 1.63. The summed E-state index contributed by atoms with van der Waals surface area (Å²) in [6.07, 6.45) is 3.50. The van der Waals surface area contributed by atoms with Crippen molar-refractivity contribution in [2.45, 2.75) is 0 Å². The first-order valence-corrected chi connectivity index (χ1v) is 7.14. The minimum atomic E-state index is 0.652. The molecule has 0 atom stereocenters. The minimum Gasteiger partial charge on any atom is -0.497 e. The van der Waals surface area contributed by atoms with E-state index in [4.69, 9.17) is 9.47 Å². The predicted octanol–water partition coefficient (Wildman–Crippen LogP) is 4.88. The molecule has 114 valence electrons. The zero-order valence-corrected chi connectivity index (χ0v) is 12.8. The molecule has 0 bridgehead atoms. The third kappa shape index (κ3) is 3.21. The lowest BCUT2D eigenvalue weighted by Gasteiger charge is -2.12. The number of para-hydroxylation sites is 1. The van der Waals surface area contributed by atoms with Gasteiger partial charge in [0.15, 0.2) is 5.75 Å². The van der Waals surface area contributed by atoms with Gasteiger partial charge in [0.25, 0.3) is 0 Å². The molecule has 1 aromatic heterocycles. The van der Waals surface area contributed by atoms with E-state index < -0.39 is 0 Å². The first kappa shape index (κ1) is 14.8. The Kier molecular flexibility index (Phi) is 4.34. The normalized spacial score (nSPS) is 10.1. The molecule has 1 heterocycles. The molecule has 3 rings (SSSR count). The number of ether oxygens (including phenoxy) is 2. The highest BCUT2D eigenvalue weighted by atomic mass is 16.5. The second kappa shape index (κ2) is 6.75. The molecule has 3 aromatic rings. The number of methoxy groups -OCH3 is 1. The summed E-state index contributed by atoms with van der Waals surface area (Å²) < 4.78 is 11.1. The van der Waals surface area contributed by atoms with E-state index in [0.29, 0.717) is 17.2 Å². The number of aromatic nitrogens is 1. The van der Waals surface area contributed by atoms with Crippen molar-refractivity contribution in [1.82, 2.24) is 4.98 Å². The fourth-order valence-electron chi connectivity index (χ4n) is 2.30. The molecule has 0 radical (unpaired) electrons. The highest BCUT2D eigenvalue weighted by molar-refractivity contribution is 5.81. The van der Waals surface area contributed by atoms with Crippen LogP contribution in [0.1, 0.15) is 0 Å². The van der Waals surface area contributed by atoms with Crippen molar-refractivity contribution in [2.24, 2.45) is 4.99 Å². The minimum absolute atomic E-state index is 0.652. The van der Waals surface area contributed by atoms with Gasteiger partial charge in [-0.05, 0) is 54.7 Å². The standard InChI is InChI=1S/C19H16N2O2/c1-20-19-17(14-10-12-21-13-11-14)4-3-5-18(19)23-16-8-6-15(22-2)7-9-16/h3-13H,1H2,2H3. The van der Waals surface area contributed by atoms with Crippen LogP contribution in [-0.2, 0) is 0 Å². The molecular weight excluding hydrogens is 288 g/mol. The van der Waals surface area contributed by atoms with Crippen molar-refractivity contribution in [3.8, 4) is 28.4 Å². The van der Waals surface area contributed by atoms with Crippen LogP contribution >= 0.6 is 0 Å². The molecule has 4 nitrogen and oxygen atoms in total. The lowest BCUT2D eigenvalue weighted by Crippen LogP contribution is -1.88. The number of pyridine rings is 1. The molecule has 0 aliphatic carbocycles. The fourth-order valence-corrected chi connectivity index (χ4v) is 2.30. The molecule has 0 N–H and O–H groups in total. The summed E-state index contributed by atoms with van der Waals surface area (Å²) in [5, 5.41) is 0. The first-order valence-electron chi connectivity index (χ1n) is 7.14. The van der Waals surface area contributed by atoms with Crippen LogP contribution in [0.4, 0.5) is 5.69 Å². The van der Waals surface area contributed by atoms with Crippen LogP contribution in [0.3, 0.4) is 0 Å². The number of hydrogen-bond acceptors (Lipinski definition) is 4. The lowest BCUT2D eigenvalue weighted by atomic mass is 10.0. The SMILES string of the molecule is C=Nc1c(Oc2ccc(OC)cc2)cccc1-c1ccncc1. The topological polar surface area (TPSA) is 43.7 Å². The predicted molar refractivity (Wildman–Crippen MR) is 92.0 cm³/mol. The summed E-state index contributed by atoms with van der Waals surface area (Å²) in [5.41, 5.74) is 2.67. The highest BCUT2D eigenvalue weighted by Crippen LogP contribution is 2.39. The summed E-state index contributed by atoms with van der Waals surface area (Å²) in [4.78, 5) is 8.20.